The molecule has 3 nitrogen and oxygen atoms in total. The SMILES string of the molecule is CCc1cnc2[nH]cc(C(=O)c3c(F)ccc(Br)c3F)c2c1. The Bertz CT molecular complexity index is 889. The summed E-state index contributed by atoms with van der Waals surface area (Å²) in [6.45, 7) is 1.96. The molecule has 3 aromatic rings. The van der Waals surface area contributed by atoms with Gasteiger partial charge in [0, 0.05) is 23.3 Å². The first kappa shape index (κ1) is 14.8. The number of halogens is 3. The standard InChI is InChI=1S/C16H11BrF2N2O/c1-2-8-5-9-10(7-21-16(9)20-6-8)15(22)13-12(18)4-3-11(17)14(13)19/h3-7H,2H2,1H3,(H,20,21). The molecule has 0 saturated heterocycles. The molecule has 0 fully saturated rings. The van der Waals surface area contributed by atoms with E-state index in [1.54, 1.807) is 12.3 Å². The Hall–Kier alpha value is -2.08. The van der Waals surface area contributed by atoms with Crippen LogP contribution in [-0.4, -0.2) is 15.8 Å². The van der Waals surface area contributed by atoms with E-state index in [4.69, 9.17) is 0 Å². The molecule has 3 rings (SSSR count). The van der Waals surface area contributed by atoms with Crippen molar-refractivity contribution < 1.29 is 13.6 Å². The van der Waals surface area contributed by atoms with Gasteiger partial charge in [-0.2, -0.15) is 0 Å². The third-order valence-corrected chi connectivity index (χ3v) is 4.12. The molecule has 0 atom stereocenters. The number of nitrogens with zero attached hydrogens (tertiary/aromatic N) is 1. The normalized spacial score (nSPS) is 11.1. The third kappa shape index (κ3) is 2.33. The number of aromatic amines is 1. The summed E-state index contributed by atoms with van der Waals surface area (Å²) < 4.78 is 28.1. The van der Waals surface area contributed by atoms with Gasteiger partial charge in [-0.15, -0.1) is 0 Å². The van der Waals surface area contributed by atoms with Crippen molar-refractivity contribution in [3.8, 4) is 0 Å². The van der Waals surface area contributed by atoms with E-state index >= 15 is 0 Å². The summed E-state index contributed by atoms with van der Waals surface area (Å²) in [5, 5.41) is 0.558. The van der Waals surface area contributed by atoms with Crippen LogP contribution in [0.25, 0.3) is 11.0 Å². The number of ketones is 1. The third-order valence-electron chi connectivity index (χ3n) is 3.51. The van der Waals surface area contributed by atoms with E-state index < -0.39 is 23.0 Å². The number of benzene rings is 1. The Morgan fingerprint density at radius 1 is 1.36 bits per heavy atom. The topological polar surface area (TPSA) is 45.8 Å². The number of rotatable bonds is 3. The van der Waals surface area contributed by atoms with Gasteiger partial charge in [0.2, 0.25) is 5.78 Å². The number of carbonyl (C=O) groups excluding carboxylic acids is 1. The minimum absolute atomic E-state index is 0.0458. The lowest BCUT2D eigenvalue weighted by Gasteiger charge is -2.05. The monoisotopic (exact) mass is 364 g/mol. The maximum Gasteiger partial charge on any atom is 0.201 e. The molecular weight excluding hydrogens is 354 g/mol. The van der Waals surface area contributed by atoms with Crippen molar-refractivity contribution in [1.29, 1.82) is 0 Å². The van der Waals surface area contributed by atoms with Gasteiger partial charge in [0.1, 0.15) is 11.5 Å². The molecule has 2 aromatic heterocycles. The van der Waals surface area contributed by atoms with E-state index in [2.05, 4.69) is 25.9 Å². The molecule has 0 bridgehead atoms. The molecule has 1 aromatic carbocycles. The highest BCUT2D eigenvalue weighted by Gasteiger charge is 2.23. The first-order valence-corrected chi connectivity index (χ1v) is 7.46. The Kier molecular flexibility index (Phi) is 3.78. The van der Waals surface area contributed by atoms with Gasteiger partial charge in [0.15, 0.2) is 5.82 Å². The molecule has 0 aliphatic carbocycles. The number of hydrogen-bond donors (Lipinski definition) is 1. The molecule has 6 heteroatoms. The van der Waals surface area contributed by atoms with E-state index in [1.165, 1.54) is 12.3 Å². The first-order valence-electron chi connectivity index (χ1n) is 6.67. The maximum absolute atomic E-state index is 14.1. The number of pyridine rings is 1. The van der Waals surface area contributed by atoms with Crippen molar-refractivity contribution in [3.05, 3.63) is 63.4 Å². The molecule has 22 heavy (non-hydrogen) atoms. The van der Waals surface area contributed by atoms with Crippen LogP contribution in [0, 0.1) is 11.6 Å². The molecule has 2 heterocycles. The van der Waals surface area contributed by atoms with Crippen molar-refractivity contribution in [1.82, 2.24) is 9.97 Å². The van der Waals surface area contributed by atoms with E-state index in [1.807, 2.05) is 6.92 Å². The van der Waals surface area contributed by atoms with E-state index in [0.717, 1.165) is 18.1 Å². The summed E-state index contributed by atoms with van der Waals surface area (Å²) in [4.78, 5) is 19.6. The van der Waals surface area contributed by atoms with Crippen LogP contribution < -0.4 is 0 Å². The Morgan fingerprint density at radius 3 is 2.86 bits per heavy atom. The van der Waals surface area contributed by atoms with E-state index in [-0.39, 0.29) is 10.0 Å². The van der Waals surface area contributed by atoms with Gasteiger partial charge in [0.05, 0.1) is 10.0 Å². The Morgan fingerprint density at radius 2 is 2.14 bits per heavy atom. The van der Waals surface area contributed by atoms with Crippen LogP contribution in [0.5, 0.6) is 0 Å². The summed E-state index contributed by atoms with van der Waals surface area (Å²) in [7, 11) is 0. The van der Waals surface area contributed by atoms with Gasteiger partial charge in [-0.1, -0.05) is 6.92 Å². The van der Waals surface area contributed by atoms with Crippen LogP contribution in [0.2, 0.25) is 0 Å². The minimum Gasteiger partial charge on any atom is -0.345 e. The smallest absolute Gasteiger partial charge is 0.201 e. The van der Waals surface area contributed by atoms with Gasteiger partial charge in [-0.25, -0.2) is 13.8 Å². The Balaban J connectivity index is 2.20. The van der Waals surface area contributed by atoms with Gasteiger partial charge >= 0.3 is 0 Å². The van der Waals surface area contributed by atoms with Crippen LogP contribution in [0.1, 0.15) is 28.4 Å². The summed E-state index contributed by atoms with van der Waals surface area (Å²) in [6.07, 6.45) is 3.88. The molecule has 112 valence electrons. The fraction of sp³-hybridized carbons (Fsp3) is 0.125. The second-order valence-electron chi connectivity index (χ2n) is 4.84. The summed E-state index contributed by atoms with van der Waals surface area (Å²) in [5.41, 5.74) is 1.08. The number of aryl methyl sites for hydroxylation is 1. The van der Waals surface area contributed by atoms with Crippen molar-refractivity contribution in [3.63, 3.8) is 0 Å². The Labute approximate surface area is 133 Å². The highest BCUT2D eigenvalue weighted by Crippen LogP contribution is 2.27. The molecule has 0 unspecified atom stereocenters. The van der Waals surface area contributed by atoms with Gasteiger partial charge in [-0.3, -0.25) is 4.79 Å². The van der Waals surface area contributed by atoms with Crippen LogP contribution in [0.4, 0.5) is 8.78 Å². The fourth-order valence-corrected chi connectivity index (χ4v) is 2.63. The molecule has 0 aliphatic rings. The lowest BCUT2D eigenvalue weighted by molar-refractivity contribution is 0.103. The summed E-state index contributed by atoms with van der Waals surface area (Å²) >= 11 is 2.97. The van der Waals surface area contributed by atoms with Crippen LogP contribution in [-0.2, 0) is 6.42 Å². The number of carbonyl (C=O) groups is 1. The number of aromatic nitrogens is 2. The van der Waals surface area contributed by atoms with Crippen LogP contribution in [0.15, 0.2) is 35.1 Å². The predicted octanol–water partition coefficient (Wildman–Crippen LogP) is 4.40. The number of H-pyrrole nitrogens is 1. The summed E-state index contributed by atoms with van der Waals surface area (Å²) in [5.74, 6) is -2.50. The van der Waals surface area contributed by atoms with Crippen molar-refractivity contribution in [2.24, 2.45) is 0 Å². The second-order valence-corrected chi connectivity index (χ2v) is 5.70. The zero-order valence-corrected chi connectivity index (χ0v) is 13.2. The maximum atomic E-state index is 14.1. The lowest BCUT2D eigenvalue weighted by atomic mass is 10.0. The molecule has 0 aliphatic heterocycles. The average molecular weight is 365 g/mol. The number of nitrogens with one attached hydrogen (secondary N) is 1. The molecule has 1 N–H and O–H groups in total. The summed E-state index contributed by atoms with van der Waals surface area (Å²) in [6, 6.07) is 4.10. The van der Waals surface area contributed by atoms with Crippen LogP contribution in [0.3, 0.4) is 0 Å². The molecule has 0 spiro atoms. The van der Waals surface area contributed by atoms with Gasteiger partial charge in [0.25, 0.3) is 0 Å². The average Bonchev–Trinajstić information content (AvgIpc) is 2.94. The number of hydrogen-bond acceptors (Lipinski definition) is 2. The van der Waals surface area contributed by atoms with Crippen molar-refractivity contribution in [2.45, 2.75) is 13.3 Å². The van der Waals surface area contributed by atoms with Crippen molar-refractivity contribution in [2.75, 3.05) is 0 Å². The van der Waals surface area contributed by atoms with Gasteiger partial charge in [-0.05, 0) is 46.1 Å². The van der Waals surface area contributed by atoms with Crippen molar-refractivity contribution >= 4 is 32.7 Å². The zero-order chi connectivity index (χ0) is 15.9. The van der Waals surface area contributed by atoms with Crippen LogP contribution >= 0.6 is 15.9 Å². The lowest BCUT2D eigenvalue weighted by Crippen LogP contribution is -2.07. The first-order chi connectivity index (χ1) is 10.5. The molecule has 0 radical (unpaired) electrons. The molecule has 0 saturated carbocycles. The van der Waals surface area contributed by atoms with E-state index in [9.17, 15) is 13.6 Å². The highest BCUT2D eigenvalue weighted by atomic mass is 79.9. The van der Waals surface area contributed by atoms with Gasteiger partial charge < -0.3 is 4.98 Å². The minimum atomic E-state index is -0.904. The molecular formula is C16H11BrF2N2O. The van der Waals surface area contributed by atoms with E-state index in [0.29, 0.717) is 11.0 Å². The zero-order valence-electron chi connectivity index (χ0n) is 11.6. The largest absolute Gasteiger partial charge is 0.345 e. The fourth-order valence-electron chi connectivity index (χ4n) is 2.30. The highest BCUT2D eigenvalue weighted by molar-refractivity contribution is 9.10. The quantitative estimate of drug-likeness (QED) is 0.553. The molecule has 0 amide bonds. The number of fused-ring (bicyclic) bond motifs is 1. The second kappa shape index (κ2) is 5.61. The predicted molar refractivity (Wildman–Crippen MR) is 83.0 cm³/mol.